The van der Waals surface area contributed by atoms with Crippen LogP contribution in [-0.4, -0.2) is 46.8 Å². The predicted octanol–water partition coefficient (Wildman–Crippen LogP) is 3.23. The SMILES string of the molecule is CCOC(=O)c1sc2nc(C)nc(N3CCCCC3CCO)c2c1C. The molecule has 0 spiro atoms. The summed E-state index contributed by atoms with van der Waals surface area (Å²) in [6.45, 7) is 7.08. The van der Waals surface area contributed by atoms with Crippen LogP contribution in [0.2, 0.25) is 0 Å². The largest absolute Gasteiger partial charge is 0.462 e. The van der Waals surface area contributed by atoms with Gasteiger partial charge in [-0.1, -0.05) is 0 Å². The molecule has 0 bridgehead atoms. The molecule has 1 saturated heterocycles. The van der Waals surface area contributed by atoms with Crippen LogP contribution in [0.3, 0.4) is 0 Å². The number of hydrogen-bond donors (Lipinski definition) is 1. The summed E-state index contributed by atoms with van der Waals surface area (Å²) >= 11 is 1.38. The van der Waals surface area contributed by atoms with Gasteiger partial charge in [0.2, 0.25) is 0 Å². The number of rotatable bonds is 5. The molecule has 1 aliphatic heterocycles. The number of thiophene rings is 1. The first kappa shape index (κ1) is 18.1. The lowest BCUT2D eigenvalue weighted by atomic mass is 9.99. The van der Waals surface area contributed by atoms with Crippen LogP contribution in [0.15, 0.2) is 0 Å². The molecule has 1 N–H and O–H groups in total. The van der Waals surface area contributed by atoms with E-state index in [1.807, 2.05) is 20.8 Å². The van der Waals surface area contributed by atoms with Crippen molar-refractivity contribution in [3.63, 3.8) is 0 Å². The van der Waals surface area contributed by atoms with Crippen LogP contribution in [0.4, 0.5) is 5.82 Å². The number of piperidine rings is 1. The molecular weight excluding hydrogens is 338 g/mol. The van der Waals surface area contributed by atoms with Gasteiger partial charge in [-0.15, -0.1) is 11.3 Å². The molecule has 2 aromatic rings. The number of aliphatic hydroxyl groups excluding tert-OH is 1. The maximum Gasteiger partial charge on any atom is 0.348 e. The fraction of sp³-hybridized carbons (Fsp3) is 0.611. The minimum atomic E-state index is -0.294. The number of fused-ring (bicyclic) bond motifs is 1. The third-order valence-electron chi connectivity index (χ3n) is 4.71. The molecule has 136 valence electrons. The van der Waals surface area contributed by atoms with E-state index >= 15 is 0 Å². The molecule has 3 rings (SSSR count). The minimum Gasteiger partial charge on any atom is -0.462 e. The molecule has 0 aromatic carbocycles. The number of esters is 1. The molecule has 2 aromatic heterocycles. The Balaban J connectivity index is 2.12. The standard InChI is InChI=1S/C18H25N3O3S/c1-4-24-18(23)15-11(2)14-16(19-12(3)20-17(14)25-15)21-9-6-5-7-13(21)8-10-22/h13,22H,4-10H2,1-3H3. The second-order valence-electron chi connectivity index (χ2n) is 6.41. The highest BCUT2D eigenvalue weighted by Crippen LogP contribution is 2.38. The number of anilines is 1. The Hall–Kier alpha value is -1.73. The highest BCUT2D eigenvalue weighted by molar-refractivity contribution is 7.20. The van der Waals surface area contributed by atoms with E-state index in [0.29, 0.717) is 17.3 Å². The van der Waals surface area contributed by atoms with E-state index in [9.17, 15) is 9.90 Å². The molecule has 0 saturated carbocycles. The van der Waals surface area contributed by atoms with Crippen LogP contribution in [0, 0.1) is 13.8 Å². The van der Waals surface area contributed by atoms with Crippen molar-refractivity contribution >= 4 is 33.3 Å². The molecule has 1 aliphatic rings. The highest BCUT2D eigenvalue weighted by atomic mass is 32.1. The number of hydrogen-bond acceptors (Lipinski definition) is 7. The van der Waals surface area contributed by atoms with Crippen molar-refractivity contribution in [3.05, 3.63) is 16.3 Å². The molecule has 7 heteroatoms. The number of carbonyl (C=O) groups is 1. The Morgan fingerprint density at radius 2 is 2.16 bits per heavy atom. The van der Waals surface area contributed by atoms with Crippen LogP contribution >= 0.6 is 11.3 Å². The lowest BCUT2D eigenvalue weighted by Crippen LogP contribution is -2.41. The molecule has 1 unspecified atom stereocenters. The molecule has 1 atom stereocenters. The summed E-state index contributed by atoms with van der Waals surface area (Å²) < 4.78 is 5.19. The molecule has 25 heavy (non-hydrogen) atoms. The Bertz CT molecular complexity index is 773. The van der Waals surface area contributed by atoms with Gasteiger partial charge in [0.05, 0.1) is 12.0 Å². The van der Waals surface area contributed by atoms with Crippen LogP contribution in [0.5, 0.6) is 0 Å². The Labute approximate surface area is 151 Å². The normalized spacial score (nSPS) is 17.9. The summed E-state index contributed by atoms with van der Waals surface area (Å²) in [5, 5.41) is 10.4. The molecule has 0 aliphatic carbocycles. The second kappa shape index (κ2) is 7.66. The van der Waals surface area contributed by atoms with Gasteiger partial charge in [-0.2, -0.15) is 0 Å². The number of aromatic nitrogens is 2. The first-order valence-electron chi connectivity index (χ1n) is 8.89. The van der Waals surface area contributed by atoms with E-state index in [1.165, 1.54) is 17.8 Å². The zero-order valence-corrected chi connectivity index (χ0v) is 15.9. The fourth-order valence-electron chi connectivity index (χ4n) is 3.55. The topological polar surface area (TPSA) is 75.5 Å². The molecule has 0 radical (unpaired) electrons. The van der Waals surface area contributed by atoms with Gasteiger partial charge >= 0.3 is 5.97 Å². The molecule has 1 fully saturated rings. The van der Waals surface area contributed by atoms with Gasteiger partial charge in [-0.3, -0.25) is 0 Å². The van der Waals surface area contributed by atoms with Gasteiger partial charge in [-0.05, 0) is 52.0 Å². The third kappa shape index (κ3) is 3.48. The maximum absolute atomic E-state index is 12.3. The van der Waals surface area contributed by atoms with Crippen LogP contribution < -0.4 is 4.90 Å². The van der Waals surface area contributed by atoms with Crippen molar-refractivity contribution in [1.29, 1.82) is 0 Å². The van der Waals surface area contributed by atoms with Crippen molar-refractivity contribution in [2.24, 2.45) is 0 Å². The zero-order valence-electron chi connectivity index (χ0n) is 15.0. The van der Waals surface area contributed by atoms with Crippen molar-refractivity contribution in [3.8, 4) is 0 Å². The summed E-state index contributed by atoms with van der Waals surface area (Å²) in [6.07, 6.45) is 4.07. The maximum atomic E-state index is 12.3. The first-order chi connectivity index (χ1) is 12.1. The summed E-state index contributed by atoms with van der Waals surface area (Å²) in [7, 11) is 0. The van der Waals surface area contributed by atoms with Gasteiger partial charge in [-0.25, -0.2) is 14.8 Å². The van der Waals surface area contributed by atoms with Gasteiger partial charge in [0.15, 0.2) is 0 Å². The number of ether oxygens (including phenoxy) is 1. The molecule has 0 amide bonds. The van der Waals surface area contributed by atoms with Gasteiger partial charge in [0.25, 0.3) is 0 Å². The van der Waals surface area contributed by atoms with Crippen LogP contribution in [-0.2, 0) is 4.74 Å². The number of aryl methyl sites for hydroxylation is 2. The average molecular weight is 363 g/mol. The average Bonchev–Trinajstić information content (AvgIpc) is 2.92. The summed E-state index contributed by atoms with van der Waals surface area (Å²) in [4.78, 5) is 25.3. The fourth-order valence-corrected chi connectivity index (χ4v) is 4.66. The third-order valence-corrected chi connectivity index (χ3v) is 5.87. The van der Waals surface area contributed by atoms with Gasteiger partial charge in [0.1, 0.15) is 21.3 Å². The Morgan fingerprint density at radius 1 is 1.36 bits per heavy atom. The van der Waals surface area contributed by atoms with Crippen molar-refractivity contribution in [1.82, 2.24) is 9.97 Å². The van der Waals surface area contributed by atoms with E-state index in [4.69, 9.17) is 9.72 Å². The number of carbonyl (C=O) groups excluding carboxylic acids is 1. The lowest BCUT2D eigenvalue weighted by Gasteiger charge is -2.37. The summed E-state index contributed by atoms with van der Waals surface area (Å²) in [5.41, 5.74) is 0.891. The highest BCUT2D eigenvalue weighted by Gasteiger charge is 2.28. The van der Waals surface area contributed by atoms with Crippen molar-refractivity contribution < 1.29 is 14.6 Å². The lowest BCUT2D eigenvalue weighted by molar-refractivity contribution is 0.0531. The molecule has 3 heterocycles. The smallest absolute Gasteiger partial charge is 0.348 e. The van der Waals surface area contributed by atoms with E-state index in [-0.39, 0.29) is 18.6 Å². The van der Waals surface area contributed by atoms with Gasteiger partial charge in [0, 0.05) is 19.2 Å². The molecule has 6 nitrogen and oxygen atoms in total. The van der Waals surface area contributed by atoms with Crippen molar-refractivity contribution in [2.45, 2.75) is 52.5 Å². The van der Waals surface area contributed by atoms with Gasteiger partial charge < -0.3 is 14.7 Å². The Morgan fingerprint density at radius 3 is 2.88 bits per heavy atom. The Kier molecular flexibility index (Phi) is 5.54. The predicted molar refractivity (Wildman–Crippen MR) is 99.5 cm³/mol. The number of nitrogens with zero attached hydrogens (tertiary/aromatic N) is 3. The van der Waals surface area contributed by atoms with Crippen LogP contribution in [0.25, 0.3) is 10.2 Å². The number of aliphatic hydroxyl groups is 1. The quantitative estimate of drug-likeness (QED) is 0.822. The van der Waals surface area contributed by atoms with Crippen molar-refractivity contribution in [2.75, 3.05) is 24.7 Å². The zero-order chi connectivity index (χ0) is 18.0. The van der Waals surface area contributed by atoms with Crippen LogP contribution in [0.1, 0.15) is 53.7 Å². The molecular formula is C18H25N3O3S. The van der Waals surface area contributed by atoms with E-state index in [1.54, 1.807) is 0 Å². The van der Waals surface area contributed by atoms with E-state index < -0.39 is 0 Å². The van der Waals surface area contributed by atoms with E-state index in [2.05, 4.69) is 9.88 Å². The first-order valence-corrected chi connectivity index (χ1v) is 9.70. The van der Waals surface area contributed by atoms with E-state index in [0.717, 1.165) is 47.4 Å². The monoisotopic (exact) mass is 363 g/mol. The minimum absolute atomic E-state index is 0.172. The summed E-state index contributed by atoms with van der Waals surface area (Å²) in [6, 6.07) is 0.279. The summed E-state index contributed by atoms with van der Waals surface area (Å²) in [5.74, 6) is 1.30. The second-order valence-corrected chi connectivity index (χ2v) is 7.41.